The molecule has 21 heavy (non-hydrogen) atoms. The molecule has 0 radical (unpaired) electrons. The molecule has 2 heterocycles. The molecular formula is C16H14FN3O. The number of aromatic nitrogens is 2. The summed E-state index contributed by atoms with van der Waals surface area (Å²) in [5.74, 6) is -0.686. The third-order valence-corrected chi connectivity index (χ3v) is 3.50. The lowest BCUT2D eigenvalue weighted by atomic mass is 10.1. The highest BCUT2D eigenvalue weighted by Crippen LogP contribution is 2.19. The van der Waals surface area contributed by atoms with Crippen molar-refractivity contribution in [3.8, 4) is 0 Å². The van der Waals surface area contributed by atoms with Crippen molar-refractivity contribution in [2.45, 2.75) is 13.8 Å². The first kappa shape index (κ1) is 13.3. The second-order valence-electron chi connectivity index (χ2n) is 4.94. The lowest BCUT2D eigenvalue weighted by Gasteiger charge is -2.08. The van der Waals surface area contributed by atoms with E-state index >= 15 is 0 Å². The number of aryl methyl sites for hydroxylation is 1. The number of amides is 1. The Hall–Kier alpha value is -2.69. The molecule has 0 unspecified atom stereocenters. The zero-order valence-corrected chi connectivity index (χ0v) is 11.7. The summed E-state index contributed by atoms with van der Waals surface area (Å²) >= 11 is 0. The molecule has 106 valence electrons. The van der Waals surface area contributed by atoms with Gasteiger partial charge in [-0.15, -0.1) is 0 Å². The minimum atomic E-state index is -0.374. The molecule has 1 aromatic carbocycles. The van der Waals surface area contributed by atoms with Gasteiger partial charge in [-0.2, -0.15) is 0 Å². The Labute approximate surface area is 121 Å². The number of rotatable bonds is 2. The van der Waals surface area contributed by atoms with Crippen LogP contribution in [0.2, 0.25) is 0 Å². The quantitative estimate of drug-likeness (QED) is 0.784. The number of nitrogens with one attached hydrogen (secondary N) is 1. The number of imidazole rings is 1. The van der Waals surface area contributed by atoms with E-state index in [9.17, 15) is 9.18 Å². The van der Waals surface area contributed by atoms with Gasteiger partial charge < -0.3 is 9.72 Å². The maximum Gasteiger partial charge on any atom is 0.275 e. The molecule has 0 saturated carbocycles. The molecule has 0 spiro atoms. The lowest BCUT2D eigenvalue weighted by molar-refractivity contribution is 0.102. The van der Waals surface area contributed by atoms with E-state index in [0.717, 1.165) is 16.8 Å². The number of pyridine rings is 1. The van der Waals surface area contributed by atoms with Crippen LogP contribution in [0.5, 0.6) is 0 Å². The Balaban J connectivity index is 1.91. The number of fused-ring (bicyclic) bond motifs is 1. The number of halogens is 1. The van der Waals surface area contributed by atoms with Crippen LogP contribution in [0.1, 0.15) is 21.6 Å². The van der Waals surface area contributed by atoms with Crippen molar-refractivity contribution in [2.24, 2.45) is 0 Å². The van der Waals surface area contributed by atoms with Crippen LogP contribution in [0.25, 0.3) is 5.65 Å². The van der Waals surface area contributed by atoms with E-state index in [1.165, 1.54) is 28.9 Å². The summed E-state index contributed by atoms with van der Waals surface area (Å²) in [4.78, 5) is 16.4. The average Bonchev–Trinajstić information content (AvgIpc) is 2.87. The van der Waals surface area contributed by atoms with Gasteiger partial charge in [0.15, 0.2) is 0 Å². The minimum absolute atomic E-state index is 0.251. The molecule has 0 aliphatic carbocycles. The second-order valence-corrected chi connectivity index (χ2v) is 4.94. The van der Waals surface area contributed by atoms with E-state index < -0.39 is 0 Å². The van der Waals surface area contributed by atoms with Gasteiger partial charge in [-0.05, 0) is 43.2 Å². The maximum atomic E-state index is 13.1. The molecule has 3 rings (SSSR count). The van der Waals surface area contributed by atoms with E-state index in [0.29, 0.717) is 5.65 Å². The molecular weight excluding hydrogens is 269 g/mol. The van der Waals surface area contributed by atoms with Crippen molar-refractivity contribution in [3.05, 3.63) is 65.4 Å². The summed E-state index contributed by atoms with van der Waals surface area (Å²) in [6.07, 6.45) is 2.80. The summed E-state index contributed by atoms with van der Waals surface area (Å²) in [5.41, 5.74) is 3.65. The largest absolute Gasteiger partial charge is 0.320 e. The number of anilines is 1. The van der Waals surface area contributed by atoms with Crippen molar-refractivity contribution in [1.82, 2.24) is 9.38 Å². The van der Waals surface area contributed by atoms with Gasteiger partial charge in [-0.3, -0.25) is 4.79 Å². The van der Waals surface area contributed by atoms with E-state index in [-0.39, 0.29) is 17.4 Å². The molecule has 0 saturated heterocycles. The molecule has 2 aromatic heterocycles. The molecule has 1 N–H and O–H groups in total. The minimum Gasteiger partial charge on any atom is -0.320 e. The van der Waals surface area contributed by atoms with Crippen LogP contribution in [0.15, 0.2) is 42.7 Å². The van der Waals surface area contributed by atoms with E-state index in [2.05, 4.69) is 10.3 Å². The van der Waals surface area contributed by atoms with Crippen LogP contribution < -0.4 is 5.32 Å². The Morgan fingerprint density at radius 2 is 2.00 bits per heavy atom. The van der Waals surface area contributed by atoms with E-state index in [1.54, 1.807) is 0 Å². The number of carbonyl (C=O) groups is 1. The van der Waals surface area contributed by atoms with Crippen LogP contribution in [0.3, 0.4) is 0 Å². The van der Waals surface area contributed by atoms with Crippen molar-refractivity contribution in [1.29, 1.82) is 0 Å². The van der Waals surface area contributed by atoms with Gasteiger partial charge in [0.1, 0.15) is 17.2 Å². The molecule has 0 bridgehead atoms. The summed E-state index contributed by atoms with van der Waals surface area (Å²) in [6.45, 7) is 3.93. The molecule has 3 aromatic rings. The first-order valence-electron chi connectivity index (χ1n) is 6.56. The summed E-state index contributed by atoms with van der Waals surface area (Å²) in [7, 11) is 0. The third kappa shape index (κ3) is 2.50. The van der Waals surface area contributed by atoms with Crippen molar-refractivity contribution < 1.29 is 9.18 Å². The fraction of sp³-hybridized carbons (Fsp3) is 0.125. The number of benzene rings is 1. The van der Waals surface area contributed by atoms with Crippen LogP contribution >= 0.6 is 0 Å². The van der Waals surface area contributed by atoms with Gasteiger partial charge in [0.2, 0.25) is 0 Å². The Morgan fingerprint density at radius 1 is 1.19 bits per heavy atom. The van der Waals surface area contributed by atoms with Gasteiger partial charge in [-0.1, -0.05) is 12.1 Å². The Kier molecular flexibility index (Phi) is 3.17. The van der Waals surface area contributed by atoms with Crippen LogP contribution in [0.4, 0.5) is 10.1 Å². The Morgan fingerprint density at radius 3 is 2.81 bits per heavy atom. The average molecular weight is 283 g/mol. The standard InChI is InChI=1S/C16H14FN3O/c1-10-4-3-5-13(11(10)2)19-16(21)14-9-20-8-12(17)6-7-15(20)18-14/h3-9H,1-2H3,(H,19,21). The van der Waals surface area contributed by atoms with Crippen LogP contribution in [0, 0.1) is 19.7 Å². The normalized spacial score (nSPS) is 10.8. The van der Waals surface area contributed by atoms with Crippen molar-refractivity contribution in [2.75, 3.05) is 5.32 Å². The van der Waals surface area contributed by atoms with Crippen LogP contribution in [-0.4, -0.2) is 15.3 Å². The highest BCUT2D eigenvalue weighted by atomic mass is 19.1. The highest BCUT2D eigenvalue weighted by Gasteiger charge is 2.12. The molecule has 0 aliphatic rings. The SMILES string of the molecule is Cc1cccc(NC(=O)c2cn3cc(F)ccc3n2)c1C. The maximum absolute atomic E-state index is 13.1. The summed E-state index contributed by atoms with van der Waals surface area (Å²) in [5, 5.41) is 2.83. The van der Waals surface area contributed by atoms with Gasteiger partial charge in [0, 0.05) is 18.1 Å². The predicted molar refractivity (Wildman–Crippen MR) is 79.0 cm³/mol. The number of hydrogen-bond acceptors (Lipinski definition) is 2. The summed E-state index contributed by atoms with van der Waals surface area (Å²) < 4.78 is 14.6. The number of carbonyl (C=O) groups excluding carboxylic acids is 1. The van der Waals surface area contributed by atoms with Gasteiger partial charge in [0.25, 0.3) is 5.91 Å². The monoisotopic (exact) mass is 283 g/mol. The molecule has 0 atom stereocenters. The van der Waals surface area contributed by atoms with E-state index in [1.807, 2.05) is 32.0 Å². The topological polar surface area (TPSA) is 46.4 Å². The lowest BCUT2D eigenvalue weighted by Crippen LogP contribution is -2.13. The molecule has 4 nitrogen and oxygen atoms in total. The molecule has 0 fully saturated rings. The van der Waals surface area contributed by atoms with Gasteiger partial charge in [0.05, 0.1) is 0 Å². The number of hydrogen-bond donors (Lipinski definition) is 1. The van der Waals surface area contributed by atoms with Crippen LogP contribution in [-0.2, 0) is 0 Å². The molecule has 1 amide bonds. The smallest absolute Gasteiger partial charge is 0.275 e. The molecule has 0 aliphatic heterocycles. The predicted octanol–water partition coefficient (Wildman–Crippen LogP) is 3.34. The zero-order valence-electron chi connectivity index (χ0n) is 11.7. The highest BCUT2D eigenvalue weighted by molar-refractivity contribution is 6.03. The van der Waals surface area contributed by atoms with Gasteiger partial charge in [-0.25, -0.2) is 9.37 Å². The Bertz CT molecular complexity index is 839. The van der Waals surface area contributed by atoms with Crippen molar-refractivity contribution in [3.63, 3.8) is 0 Å². The number of nitrogens with zero attached hydrogens (tertiary/aromatic N) is 2. The summed E-state index contributed by atoms with van der Waals surface area (Å²) in [6, 6.07) is 8.56. The third-order valence-electron chi connectivity index (χ3n) is 3.50. The van der Waals surface area contributed by atoms with Gasteiger partial charge >= 0.3 is 0 Å². The van der Waals surface area contributed by atoms with E-state index in [4.69, 9.17) is 0 Å². The van der Waals surface area contributed by atoms with Crippen molar-refractivity contribution >= 4 is 17.2 Å². The zero-order chi connectivity index (χ0) is 15.0. The molecule has 5 heteroatoms. The first-order valence-corrected chi connectivity index (χ1v) is 6.56. The fourth-order valence-corrected chi connectivity index (χ4v) is 2.15. The second kappa shape index (κ2) is 5.01. The first-order chi connectivity index (χ1) is 10.0. The fourth-order valence-electron chi connectivity index (χ4n) is 2.15.